The highest BCUT2D eigenvalue weighted by molar-refractivity contribution is 6.30. The Morgan fingerprint density at radius 2 is 2.06 bits per heavy atom. The number of carbonyl (C=O) groups is 2. The molecule has 1 aliphatic rings. The van der Waals surface area contributed by atoms with E-state index in [4.69, 9.17) is 21.1 Å². The standard InChI is InChI=1S/C26H30ClN5O4/c1-3-28-26(34)31(15-22-8-5-13-36-22)17-24(33)30-25-29-23(18-9-11-19(27)12-10-18)16-32(25)20-6-4-7-21(14-20)35-2/h4,6-7,9-12,14,16,22H,3,5,8,13,15,17H2,1-2H3,(H,28,34)(H,29,30,33)/t22-/m0/s1. The summed E-state index contributed by atoms with van der Waals surface area (Å²) in [6.07, 6.45) is 3.57. The van der Waals surface area contributed by atoms with Crippen LogP contribution < -0.4 is 15.4 Å². The van der Waals surface area contributed by atoms with Gasteiger partial charge in [-0.05, 0) is 44.0 Å². The maximum atomic E-state index is 13.1. The van der Waals surface area contributed by atoms with Crippen LogP contribution in [-0.2, 0) is 9.53 Å². The van der Waals surface area contributed by atoms with E-state index in [0.29, 0.717) is 42.1 Å². The Balaban J connectivity index is 1.60. The van der Waals surface area contributed by atoms with E-state index in [0.717, 1.165) is 24.1 Å². The van der Waals surface area contributed by atoms with Crippen molar-refractivity contribution in [1.29, 1.82) is 0 Å². The average Bonchev–Trinajstić information content (AvgIpc) is 3.54. The largest absolute Gasteiger partial charge is 0.497 e. The van der Waals surface area contributed by atoms with Gasteiger partial charge in [-0.25, -0.2) is 9.78 Å². The van der Waals surface area contributed by atoms with Crippen molar-refractivity contribution in [3.8, 4) is 22.7 Å². The quantitative estimate of drug-likeness (QED) is 0.445. The van der Waals surface area contributed by atoms with Crippen molar-refractivity contribution in [1.82, 2.24) is 19.8 Å². The van der Waals surface area contributed by atoms with Gasteiger partial charge in [-0.3, -0.25) is 14.7 Å². The summed E-state index contributed by atoms with van der Waals surface area (Å²) >= 11 is 6.05. The number of methoxy groups -OCH3 is 1. The van der Waals surface area contributed by atoms with Crippen LogP contribution in [-0.4, -0.2) is 65.8 Å². The minimum atomic E-state index is -0.364. The highest BCUT2D eigenvalue weighted by Gasteiger charge is 2.25. The second kappa shape index (κ2) is 11.9. The maximum absolute atomic E-state index is 13.1. The van der Waals surface area contributed by atoms with Crippen LogP contribution in [0.1, 0.15) is 19.8 Å². The van der Waals surface area contributed by atoms with Crippen LogP contribution in [0.15, 0.2) is 54.7 Å². The first-order valence-corrected chi connectivity index (χ1v) is 12.3. The second-order valence-corrected chi connectivity index (χ2v) is 8.86. The molecule has 190 valence electrons. The number of nitrogens with zero attached hydrogens (tertiary/aromatic N) is 3. The molecule has 1 saturated heterocycles. The molecule has 0 saturated carbocycles. The molecule has 10 heteroatoms. The number of rotatable bonds is 9. The minimum Gasteiger partial charge on any atom is -0.497 e. The van der Waals surface area contributed by atoms with Crippen molar-refractivity contribution >= 4 is 29.5 Å². The smallest absolute Gasteiger partial charge is 0.317 e. The molecule has 0 spiro atoms. The van der Waals surface area contributed by atoms with Crippen molar-refractivity contribution < 1.29 is 19.1 Å². The third-order valence-electron chi connectivity index (χ3n) is 5.83. The first-order chi connectivity index (χ1) is 17.5. The number of nitrogens with one attached hydrogen (secondary N) is 2. The molecule has 36 heavy (non-hydrogen) atoms. The van der Waals surface area contributed by atoms with Gasteiger partial charge in [0.1, 0.15) is 12.3 Å². The number of urea groups is 1. The molecule has 3 aromatic rings. The molecular formula is C26H30ClN5O4. The molecule has 3 amide bonds. The number of hydrogen-bond acceptors (Lipinski definition) is 5. The molecule has 0 unspecified atom stereocenters. The van der Waals surface area contributed by atoms with Gasteiger partial charge in [-0.2, -0.15) is 0 Å². The Bertz CT molecular complexity index is 1190. The van der Waals surface area contributed by atoms with E-state index in [1.165, 1.54) is 4.90 Å². The van der Waals surface area contributed by atoms with Crippen LogP contribution in [0.4, 0.5) is 10.7 Å². The fourth-order valence-electron chi connectivity index (χ4n) is 4.04. The van der Waals surface area contributed by atoms with Crippen LogP contribution in [0.5, 0.6) is 5.75 Å². The maximum Gasteiger partial charge on any atom is 0.317 e. The SMILES string of the molecule is CCNC(=O)N(CC(=O)Nc1nc(-c2ccc(Cl)cc2)cn1-c1cccc(OC)c1)C[C@@H]1CCCO1. The van der Waals surface area contributed by atoms with Crippen molar-refractivity contribution in [2.45, 2.75) is 25.9 Å². The zero-order valence-corrected chi connectivity index (χ0v) is 21.1. The number of ether oxygens (including phenoxy) is 2. The predicted octanol–water partition coefficient (Wildman–Crippen LogP) is 4.35. The van der Waals surface area contributed by atoms with Crippen molar-refractivity contribution in [3.05, 3.63) is 59.8 Å². The third kappa shape index (κ3) is 6.35. The van der Waals surface area contributed by atoms with E-state index in [9.17, 15) is 9.59 Å². The Hall–Kier alpha value is -3.56. The lowest BCUT2D eigenvalue weighted by Gasteiger charge is -2.25. The zero-order valence-electron chi connectivity index (χ0n) is 20.4. The molecule has 0 radical (unpaired) electrons. The van der Waals surface area contributed by atoms with Gasteiger partial charge in [0, 0.05) is 42.5 Å². The predicted molar refractivity (Wildman–Crippen MR) is 139 cm³/mol. The summed E-state index contributed by atoms with van der Waals surface area (Å²) < 4.78 is 12.8. The number of aromatic nitrogens is 2. The molecule has 0 bridgehead atoms. The van der Waals surface area contributed by atoms with Gasteiger partial charge < -0.3 is 19.7 Å². The Labute approximate surface area is 215 Å². The highest BCUT2D eigenvalue weighted by atomic mass is 35.5. The first-order valence-electron chi connectivity index (χ1n) is 11.9. The van der Waals surface area contributed by atoms with Gasteiger partial charge >= 0.3 is 6.03 Å². The molecule has 1 aromatic heterocycles. The van der Waals surface area contributed by atoms with Gasteiger partial charge in [-0.1, -0.05) is 29.8 Å². The summed E-state index contributed by atoms with van der Waals surface area (Å²) in [7, 11) is 1.60. The Morgan fingerprint density at radius 3 is 2.75 bits per heavy atom. The summed E-state index contributed by atoms with van der Waals surface area (Å²) in [5.41, 5.74) is 2.26. The van der Waals surface area contributed by atoms with E-state index >= 15 is 0 Å². The fourth-order valence-corrected chi connectivity index (χ4v) is 4.17. The highest BCUT2D eigenvalue weighted by Crippen LogP contribution is 2.27. The molecule has 2 aromatic carbocycles. The van der Waals surface area contributed by atoms with Crippen molar-refractivity contribution in [2.75, 3.05) is 38.7 Å². The van der Waals surface area contributed by atoms with Crippen LogP contribution >= 0.6 is 11.6 Å². The first kappa shape index (κ1) is 25.5. The fraction of sp³-hybridized carbons (Fsp3) is 0.346. The minimum absolute atomic E-state index is 0.0734. The number of imidazole rings is 1. The lowest BCUT2D eigenvalue weighted by molar-refractivity contribution is -0.117. The van der Waals surface area contributed by atoms with E-state index in [1.54, 1.807) is 23.8 Å². The monoisotopic (exact) mass is 511 g/mol. The van der Waals surface area contributed by atoms with Gasteiger partial charge in [0.15, 0.2) is 0 Å². The van der Waals surface area contributed by atoms with Crippen LogP contribution in [0.25, 0.3) is 16.9 Å². The normalized spacial score (nSPS) is 14.9. The van der Waals surface area contributed by atoms with Gasteiger partial charge in [0.05, 0.1) is 24.6 Å². The molecule has 1 fully saturated rings. The van der Waals surface area contributed by atoms with Crippen LogP contribution in [0.3, 0.4) is 0 Å². The number of anilines is 1. The van der Waals surface area contributed by atoms with E-state index < -0.39 is 0 Å². The number of benzene rings is 2. The van der Waals surface area contributed by atoms with Crippen molar-refractivity contribution in [3.63, 3.8) is 0 Å². The Morgan fingerprint density at radius 1 is 1.25 bits per heavy atom. The summed E-state index contributed by atoms with van der Waals surface area (Å²) in [5, 5.41) is 6.28. The van der Waals surface area contributed by atoms with Gasteiger partial charge in [0.2, 0.25) is 11.9 Å². The molecule has 1 atom stereocenters. The third-order valence-corrected chi connectivity index (χ3v) is 6.08. The molecule has 4 rings (SSSR count). The number of carbonyl (C=O) groups excluding carboxylic acids is 2. The summed E-state index contributed by atoms with van der Waals surface area (Å²) in [6, 6.07) is 14.4. The summed E-state index contributed by atoms with van der Waals surface area (Å²) in [5.74, 6) is 0.633. The summed E-state index contributed by atoms with van der Waals surface area (Å²) in [4.78, 5) is 31.9. The van der Waals surface area contributed by atoms with Crippen LogP contribution in [0, 0.1) is 0 Å². The van der Waals surface area contributed by atoms with E-state index in [2.05, 4.69) is 15.6 Å². The van der Waals surface area contributed by atoms with Crippen LogP contribution in [0.2, 0.25) is 5.02 Å². The van der Waals surface area contributed by atoms with Crippen molar-refractivity contribution in [2.24, 2.45) is 0 Å². The number of hydrogen-bond donors (Lipinski definition) is 2. The molecule has 1 aliphatic heterocycles. The molecule has 2 heterocycles. The zero-order chi connectivity index (χ0) is 25.5. The number of halogens is 1. The summed E-state index contributed by atoms with van der Waals surface area (Å²) in [6.45, 7) is 3.19. The molecule has 0 aliphatic carbocycles. The van der Waals surface area contributed by atoms with E-state index in [1.807, 2.05) is 49.5 Å². The lowest BCUT2D eigenvalue weighted by Crippen LogP contribution is -2.47. The van der Waals surface area contributed by atoms with Gasteiger partial charge in [0.25, 0.3) is 0 Å². The topological polar surface area (TPSA) is 97.7 Å². The average molecular weight is 512 g/mol. The molecular weight excluding hydrogens is 482 g/mol. The van der Waals surface area contributed by atoms with Gasteiger partial charge in [-0.15, -0.1) is 0 Å². The second-order valence-electron chi connectivity index (χ2n) is 8.43. The Kier molecular flexibility index (Phi) is 8.45. The molecule has 2 N–H and O–H groups in total. The van der Waals surface area contributed by atoms with E-state index in [-0.39, 0.29) is 24.6 Å². The lowest BCUT2D eigenvalue weighted by atomic mass is 10.2. The number of amides is 3. The molecule has 9 nitrogen and oxygen atoms in total.